The van der Waals surface area contributed by atoms with Gasteiger partial charge in [0.25, 0.3) is 0 Å². The highest BCUT2D eigenvalue weighted by atomic mass is 32.2. The van der Waals surface area contributed by atoms with Gasteiger partial charge in [-0.15, -0.1) is 0 Å². The normalized spacial score (nSPS) is 11.4. The van der Waals surface area contributed by atoms with Crippen LogP contribution in [0.5, 0.6) is 5.75 Å². The molecule has 1 aromatic rings. The lowest BCUT2D eigenvalue weighted by Crippen LogP contribution is -2.24. The highest BCUT2D eigenvalue weighted by Gasteiger charge is 2.00. The number of hydrogen-bond acceptors (Lipinski definition) is 3. The fourth-order valence-electron chi connectivity index (χ4n) is 1.47. The number of benzene rings is 1. The summed E-state index contributed by atoms with van der Waals surface area (Å²) in [5.41, 5.74) is 1.09. The molecule has 102 valence electrons. The second-order valence-electron chi connectivity index (χ2n) is 4.26. The van der Waals surface area contributed by atoms with Gasteiger partial charge in [-0.2, -0.15) is 0 Å². The molecule has 0 aliphatic carbocycles. The number of hydrogen-bond donors (Lipinski definition) is 1. The van der Waals surface area contributed by atoms with Gasteiger partial charge in [0.1, 0.15) is 5.75 Å². The predicted octanol–water partition coefficient (Wildman–Crippen LogP) is 1.96. The van der Waals surface area contributed by atoms with Crippen molar-refractivity contribution in [1.29, 1.82) is 0 Å². The van der Waals surface area contributed by atoms with Crippen LogP contribution >= 0.6 is 0 Å². The Morgan fingerprint density at radius 3 is 2.44 bits per heavy atom. The number of rotatable bonds is 8. The van der Waals surface area contributed by atoms with Gasteiger partial charge in [-0.05, 0) is 30.5 Å². The summed E-state index contributed by atoms with van der Waals surface area (Å²) in [6.45, 7) is 3.29. The molecule has 18 heavy (non-hydrogen) atoms. The van der Waals surface area contributed by atoms with Gasteiger partial charge >= 0.3 is 0 Å². The van der Waals surface area contributed by atoms with E-state index in [9.17, 15) is 8.42 Å². The molecule has 4 nitrogen and oxygen atoms in total. The molecule has 0 bridgehead atoms. The number of nitrogens with one attached hydrogen (secondary N) is 1. The third-order valence-electron chi connectivity index (χ3n) is 2.47. The van der Waals surface area contributed by atoms with Crippen molar-refractivity contribution in [2.75, 3.05) is 19.4 Å². The zero-order valence-electron chi connectivity index (χ0n) is 11.0. The van der Waals surface area contributed by atoms with Crippen LogP contribution in [-0.2, 0) is 16.4 Å². The van der Waals surface area contributed by atoms with Crippen molar-refractivity contribution in [1.82, 2.24) is 4.72 Å². The highest BCUT2D eigenvalue weighted by Crippen LogP contribution is 2.12. The molecule has 1 N–H and O–H groups in total. The van der Waals surface area contributed by atoms with E-state index in [1.807, 2.05) is 24.3 Å². The van der Waals surface area contributed by atoms with Crippen LogP contribution < -0.4 is 9.46 Å². The molecule has 0 unspecified atom stereocenters. The standard InChI is InChI=1S/C13H21NO3S/c1-3-4-11-17-13-7-5-12(6-8-13)9-10-14-18(2,15)16/h5-8,14H,3-4,9-11H2,1-2H3. The van der Waals surface area contributed by atoms with Gasteiger partial charge < -0.3 is 4.74 Å². The van der Waals surface area contributed by atoms with Crippen molar-refractivity contribution < 1.29 is 13.2 Å². The first-order chi connectivity index (χ1) is 8.51. The van der Waals surface area contributed by atoms with E-state index in [2.05, 4.69) is 11.6 Å². The molecule has 0 aromatic heterocycles. The topological polar surface area (TPSA) is 55.4 Å². The van der Waals surface area contributed by atoms with Crippen LogP contribution in [0, 0.1) is 0 Å². The minimum absolute atomic E-state index is 0.425. The Bertz CT molecular complexity index is 440. The van der Waals surface area contributed by atoms with E-state index >= 15 is 0 Å². The number of sulfonamides is 1. The van der Waals surface area contributed by atoms with E-state index in [0.717, 1.165) is 37.0 Å². The largest absolute Gasteiger partial charge is 0.494 e. The van der Waals surface area contributed by atoms with Crippen molar-refractivity contribution in [2.24, 2.45) is 0 Å². The van der Waals surface area contributed by atoms with Gasteiger partial charge in [0.05, 0.1) is 12.9 Å². The maximum absolute atomic E-state index is 10.9. The predicted molar refractivity (Wildman–Crippen MR) is 73.4 cm³/mol. The van der Waals surface area contributed by atoms with Gasteiger partial charge in [0.15, 0.2) is 0 Å². The van der Waals surface area contributed by atoms with Crippen LogP contribution in [0.4, 0.5) is 0 Å². The minimum atomic E-state index is -3.09. The first-order valence-electron chi connectivity index (χ1n) is 6.17. The van der Waals surface area contributed by atoms with E-state index < -0.39 is 10.0 Å². The molecule has 5 heteroatoms. The smallest absolute Gasteiger partial charge is 0.208 e. The number of ether oxygens (including phenoxy) is 1. The Labute approximate surface area is 109 Å². The quantitative estimate of drug-likeness (QED) is 0.735. The summed E-state index contributed by atoms with van der Waals surface area (Å²) < 4.78 is 29.8. The summed E-state index contributed by atoms with van der Waals surface area (Å²) in [6.07, 6.45) is 4.02. The molecule has 0 saturated heterocycles. The van der Waals surface area contributed by atoms with E-state index in [-0.39, 0.29) is 0 Å². The van der Waals surface area contributed by atoms with Gasteiger partial charge in [-0.25, -0.2) is 13.1 Å². The fourth-order valence-corrected chi connectivity index (χ4v) is 1.94. The van der Waals surface area contributed by atoms with Gasteiger partial charge in [0, 0.05) is 6.54 Å². The summed E-state index contributed by atoms with van der Waals surface area (Å²) in [4.78, 5) is 0. The zero-order chi connectivity index (χ0) is 13.4. The average Bonchev–Trinajstić information content (AvgIpc) is 2.30. The van der Waals surface area contributed by atoms with Crippen LogP contribution in [-0.4, -0.2) is 27.8 Å². The summed E-state index contributed by atoms with van der Waals surface area (Å²) in [5, 5.41) is 0. The van der Waals surface area contributed by atoms with Gasteiger partial charge in [0.2, 0.25) is 10.0 Å². The highest BCUT2D eigenvalue weighted by molar-refractivity contribution is 7.88. The van der Waals surface area contributed by atoms with Gasteiger partial charge in [-0.3, -0.25) is 0 Å². The average molecular weight is 271 g/mol. The van der Waals surface area contributed by atoms with E-state index in [1.54, 1.807) is 0 Å². The zero-order valence-corrected chi connectivity index (χ0v) is 11.8. The van der Waals surface area contributed by atoms with Crippen LogP contribution in [0.15, 0.2) is 24.3 Å². The molecule has 0 radical (unpaired) electrons. The van der Waals surface area contributed by atoms with Gasteiger partial charge in [-0.1, -0.05) is 25.5 Å². The molecule has 0 fully saturated rings. The van der Waals surface area contributed by atoms with Crippen molar-refractivity contribution in [3.63, 3.8) is 0 Å². The van der Waals surface area contributed by atoms with Crippen LogP contribution in [0.1, 0.15) is 25.3 Å². The first-order valence-corrected chi connectivity index (χ1v) is 8.07. The van der Waals surface area contributed by atoms with Crippen molar-refractivity contribution >= 4 is 10.0 Å². The van der Waals surface area contributed by atoms with E-state index in [0.29, 0.717) is 13.0 Å². The molecule has 0 spiro atoms. The molecule has 0 heterocycles. The van der Waals surface area contributed by atoms with Crippen LogP contribution in [0.25, 0.3) is 0 Å². The van der Waals surface area contributed by atoms with Crippen LogP contribution in [0.2, 0.25) is 0 Å². The second kappa shape index (κ2) is 7.38. The molecule has 0 saturated carbocycles. The third-order valence-corrected chi connectivity index (χ3v) is 3.20. The first kappa shape index (κ1) is 15.0. The Kier molecular flexibility index (Phi) is 6.15. The fraction of sp³-hybridized carbons (Fsp3) is 0.538. The number of unbranched alkanes of at least 4 members (excludes halogenated alkanes) is 1. The molecule has 0 aliphatic heterocycles. The lowest BCUT2D eigenvalue weighted by Gasteiger charge is -2.07. The minimum Gasteiger partial charge on any atom is -0.494 e. The Morgan fingerprint density at radius 2 is 1.89 bits per heavy atom. The molecular formula is C13H21NO3S. The lowest BCUT2D eigenvalue weighted by atomic mass is 10.1. The summed E-state index contributed by atoms with van der Waals surface area (Å²) in [7, 11) is -3.09. The molecular weight excluding hydrogens is 250 g/mol. The molecule has 1 aromatic carbocycles. The molecule has 0 atom stereocenters. The monoisotopic (exact) mass is 271 g/mol. The second-order valence-corrected chi connectivity index (χ2v) is 6.10. The van der Waals surface area contributed by atoms with Crippen molar-refractivity contribution in [2.45, 2.75) is 26.2 Å². The SMILES string of the molecule is CCCCOc1ccc(CCNS(C)(=O)=O)cc1. The Balaban J connectivity index is 2.36. The third kappa shape index (κ3) is 6.61. The van der Waals surface area contributed by atoms with Crippen LogP contribution in [0.3, 0.4) is 0 Å². The molecule has 1 rings (SSSR count). The lowest BCUT2D eigenvalue weighted by molar-refractivity contribution is 0.309. The molecule has 0 aliphatic rings. The van der Waals surface area contributed by atoms with Crippen molar-refractivity contribution in [3.8, 4) is 5.75 Å². The summed E-state index contributed by atoms with van der Waals surface area (Å²) >= 11 is 0. The van der Waals surface area contributed by atoms with E-state index in [4.69, 9.17) is 4.74 Å². The Morgan fingerprint density at radius 1 is 1.22 bits per heavy atom. The maximum atomic E-state index is 10.9. The van der Waals surface area contributed by atoms with Crippen molar-refractivity contribution in [3.05, 3.63) is 29.8 Å². The Hall–Kier alpha value is -1.07. The maximum Gasteiger partial charge on any atom is 0.208 e. The van der Waals surface area contributed by atoms with E-state index in [1.165, 1.54) is 0 Å². The summed E-state index contributed by atoms with van der Waals surface area (Å²) in [5.74, 6) is 0.864. The summed E-state index contributed by atoms with van der Waals surface area (Å²) in [6, 6.07) is 7.77. The molecule has 0 amide bonds.